The van der Waals surface area contributed by atoms with Gasteiger partial charge in [0.25, 0.3) is 5.56 Å². The molecule has 1 aromatic heterocycles. The third kappa shape index (κ3) is 1.56. The molecule has 0 saturated heterocycles. The van der Waals surface area contributed by atoms with E-state index in [-0.39, 0.29) is 16.9 Å². The van der Waals surface area contributed by atoms with E-state index in [2.05, 4.69) is 5.10 Å². The molecule has 15 heavy (non-hydrogen) atoms. The number of aromatic nitrogens is 2. The summed E-state index contributed by atoms with van der Waals surface area (Å²) in [5.74, 6) is -0.389. The number of nitrogens with one attached hydrogen (secondary N) is 1. The first-order valence-electron chi connectivity index (χ1n) is 4.80. The molecular weight excluding hydrogens is 195 g/mol. The van der Waals surface area contributed by atoms with Crippen LogP contribution in [0.4, 0.5) is 4.39 Å². The number of nitrogens with zero attached hydrogens (tertiary/aromatic N) is 1. The molecule has 0 fully saturated rings. The van der Waals surface area contributed by atoms with Crippen molar-refractivity contribution in [3.05, 3.63) is 34.4 Å². The van der Waals surface area contributed by atoms with Gasteiger partial charge in [-0.1, -0.05) is 0 Å². The molecule has 0 aliphatic carbocycles. The van der Waals surface area contributed by atoms with E-state index in [1.165, 1.54) is 12.1 Å². The Morgan fingerprint density at radius 1 is 1.33 bits per heavy atom. The topological polar surface area (TPSA) is 37.8 Å². The zero-order valence-electron chi connectivity index (χ0n) is 8.97. The van der Waals surface area contributed by atoms with E-state index in [1.54, 1.807) is 10.7 Å². The predicted molar refractivity (Wildman–Crippen MR) is 57.5 cm³/mol. The quantitative estimate of drug-likeness (QED) is 0.708. The minimum absolute atomic E-state index is 0.223. The van der Waals surface area contributed by atoms with Crippen LogP contribution < -0.4 is 5.56 Å². The lowest BCUT2D eigenvalue weighted by Crippen LogP contribution is -2.24. The van der Waals surface area contributed by atoms with Crippen LogP contribution in [0.1, 0.15) is 20.8 Å². The van der Waals surface area contributed by atoms with Crippen molar-refractivity contribution in [3.8, 4) is 0 Å². The summed E-state index contributed by atoms with van der Waals surface area (Å²) >= 11 is 0. The molecule has 1 N–H and O–H groups in total. The molecule has 4 heteroatoms. The van der Waals surface area contributed by atoms with E-state index in [4.69, 9.17) is 0 Å². The van der Waals surface area contributed by atoms with E-state index in [9.17, 15) is 9.18 Å². The first-order valence-corrected chi connectivity index (χ1v) is 4.80. The lowest BCUT2D eigenvalue weighted by atomic mass is 10.1. The number of hydrogen-bond donors (Lipinski definition) is 1. The van der Waals surface area contributed by atoms with Crippen molar-refractivity contribution in [3.63, 3.8) is 0 Å². The molecule has 0 radical (unpaired) electrons. The maximum atomic E-state index is 13.0. The van der Waals surface area contributed by atoms with E-state index < -0.39 is 0 Å². The van der Waals surface area contributed by atoms with Crippen molar-refractivity contribution >= 4 is 10.9 Å². The Balaban J connectivity index is 2.86. The molecule has 0 aliphatic heterocycles. The lowest BCUT2D eigenvalue weighted by Gasteiger charge is -2.21. The van der Waals surface area contributed by atoms with Crippen LogP contribution in [0.25, 0.3) is 10.9 Å². The first kappa shape index (κ1) is 9.96. The number of rotatable bonds is 0. The fourth-order valence-corrected chi connectivity index (χ4v) is 1.64. The standard InChI is InChI=1S/C11H13FN2O/c1-11(2,3)14-9-5-4-7(12)6-8(9)10(15)13-14/h4-6H,1-3H3,(H,13,15). The van der Waals surface area contributed by atoms with Crippen LogP contribution in [0.5, 0.6) is 0 Å². The SMILES string of the molecule is CC(C)(C)n1[nH]c(=O)c2cc(F)ccc21. The summed E-state index contributed by atoms with van der Waals surface area (Å²) in [5, 5.41) is 3.11. The summed E-state index contributed by atoms with van der Waals surface area (Å²) < 4.78 is 14.7. The molecule has 2 aromatic rings. The van der Waals surface area contributed by atoms with Crippen molar-refractivity contribution in [2.24, 2.45) is 0 Å². The Morgan fingerprint density at radius 2 is 2.00 bits per heavy atom. The van der Waals surface area contributed by atoms with Crippen molar-refractivity contribution in [2.75, 3.05) is 0 Å². The van der Waals surface area contributed by atoms with Gasteiger partial charge in [0.2, 0.25) is 0 Å². The molecule has 1 heterocycles. The summed E-state index contributed by atoms with van der Waals surface area (Å²) in [6, 6.07) is 4.24. The number of benzene rings is 1. The zero-order chi connectivity index (χ0) is 11.2. The first-order chi connectivity index (χ1) is 6.89. The monoisotopic (exact) mass is 208 g/mol. The predicted octanol–water partition coefficient (Wildman–Crippen LogP) is 2.22. The van der Waals surface area contributed by atoms with Gasteiger partial charge >= 0.3 is 0 Å². The highest BCUT2D eigenvalue weighted by Gasteiger charge is 2.17. The number of halogens is 1. The summed E-state index contributed by atoms with van der Waals surface area (Å²) in [5.41, 5.74) is 0.256. The fraction of sp³-hybridized carbons (Fsp3) is 0.364. The minimum atomic E-state index is -0.389. The molecule has 1 aromatic carbocycles. The van der Waals surface area contributed by atoms with Crippen molar-refractivity contribution in [2.45, 2.75) is 26.3 Å². The average molecular weight is 208 g/mol. The summed E-state index contributed by atoms with van der Waals surface area (Å²) in [7, 11) is 0. The highest BCUT2D eigenvalue weighted by Crippen LogP contribution is 2.19. The van der Waals surface area contributed by atoms with Gasteiger partial charge in [0, 0.05) is 0 Å². The molecular formula is C11H13FN2O. The maximum Gasteiger partial charge on any atom is 0.272 e. The van der Waals surface area contributed by atoms with Gasteiger partial charge < -0.3 is 0 Å². The Morgan fingerprint density at radius 3 is 2.60 bits per heavy atom. The molecule has 0 spiro atoms. The van der Waals surface area contributed by atoms with Crippen LogP contribution in [0.3, 0.4) is 0 Å². The Hall–Kier alpha value is -1.58. The van der Waals surface area contributed by atoms with Crippen LogP contribution in [-0.4, -0.2) is 9.78 Å². The number of fused-ring (bicyclic) bond motifs is 1. The second kappa shape index (κ2) is 2.95. The van der Waals surface area contributed by atoms with Gasteiger partial charge in [0.15, 0.2) is 0 Å². The van der Waals surface area contributed by atoms with Gasteiger partial charge in [-0.25, -0.2) is 4.39 Å². The largest absolute Gasteiger partial charge is 0.279 e. The molecule has 3 nitrogen and oxygen atoms in total. The van der Waals surface area contributed by atoms with Crippen LogP contribution in [-0.2, 0) is 5.54 Å². The van der Waals surface area contributed by atoms with Gasteiger partial charge in [-0.05, 0) is 39.0 Å². The van der Waals surface area contributed by atoms with E-state index in [0.717, 1.165) is 5.52 Å². The summed E-state index contributed by atoms with van der Waals surface area (Å²) in [4.78, 5) is 11.6. The van der Waals surface area contributed by atoms with Gasteiger partial charge in [-0.3, -0.25) is 14.6 Å². The Labute approximate surface area is 86.5 Å². The average Bonchev–Trinajstić information content (AvgIpc) is 2.43. The summed E-state index contributed by atoms with van der Waals surface area (Å²) in [6.07, 6.45) is 0. The van der Waals surface area contributed by atoms with Crippen LogP contribution in [0.15, 0.2) is 23.0 Å². The second-order valence-corrected chi connectivity index (χ2v) is 4.61. The van der Waals surface area contributed by atoms with Crippen LogP contribution in [0.2, 0.25) is 0 Å². The van der Waals surface area contributed by atoms with E-state index in [0.29, 0.717) is 5.39 Å². The number of H-pyrrole nitrogens is 1. The molecule has 0 unspecified atom stereocenters. The van der Waals surface area contributed by atoms with E-state index >= 15 is 0 Å². The normalized spacial score (nSPS) is 12.3. The van der Waals surface area contributed by atoms with Crippen molar-refractivity contribution < 1.29 is 4.39 Å². The maximum absolute atomic E-state index is 13.0. The van der Waals surface area contributed by atoms with Crippen molar-refractivity contribution in [1.29, 1.82) is 0 Å². The number of aromatic amines is 1. The molecule has 0 saturated carbocycles. The molecule has 2 rings (SSSR count). The van der Waals surface area contributed by atoms with Gasteiger partial charge in [-0.2, -0.15) is 0 Å². The van der Waals surface area contributed by atoms with Gasteiger partial charge in [0.1, 0.15) is 5.82 Å². The third-order valence-corrected chi connectivity index (χ3v) is 2.33. The van der Waals surface area contributed by atoms with E-state index in [1.807, 2.05) is 20.8 Å². The molecule has 0 atom stereocenters. The molecule has 0 bridgehead atoms. The zero-order valence-corrected chi connectivity index (χ0v) is 8.97. The second-order valence-electron chi connectivity index (χ2n) is 4.61. The minimum Gasteiger partial charge on any atom is -0.279 e. The van der Waals surface area contributed by atoms with Crippen molar-refractivity contribution in [1.82, 2.24) is 9.78 Å². The van der Waals surface area contributed by atoms with Crippen LogP contribution >= 0.6 is 0 Å². The molecule has 0 amide bonds. The fourth-order valence-electron chi connectivity index (χ4n) is 1.64. The highest BCUT2D eigenvalue weighted by molar-refractivity contribution is 5.78. The number of hydrogen-bond acceptors (Lipinski definition) is 1. The molecule has 0 aliphatic rings. The van der Waals surface area contributed by atoms with Gasteiger partial charge in [-0.15, -0.1) is 0 Å². The molecule has 80 valence electrons. The summed E-state index contributed by atoms with van der Waals surface area (Å²) in [6.45, 7) is 5.93. The third-order valence-electron chi connectivity index (χ3n) is 2.33. The smallest absolute Gasteiger partial charge is 0.272 e. The Bertz CT molecular complexity index is 560. The van der Waals surface area contributed by atoms with Gasteiger partial charge in [0.05, 0.1) is 16.4 Å². The Kier molecular flexibility index (Phi) is 1.96. The highest BCUT2D eigenvalue weighted by atomic mass is 19.1. The lowest BCUT2D eigenvalue weighted by molar-refractivity contribution is 0.366. The van der Waals surface area contributed by atoms with Crippen LogP contribution in [0, 0.1) is 5.82 Å².